The van der Waals surface area contributed by atoms with Gasteiger partial charge in [-0.1, -0.05) is 24.4 Å². The molecule has 0 saturated carbocycles. The molecule has 0 atom stereocenters. The van der Waals surface area contributed by atoms with Gasteiger partial charge in [0.05, 0.1) is 12.1 Å². The van der Waals surface area contributed by atoms with Gasteiger partial charge in [-0.3, -0.25) is 4.79 Å². The molecule has 4 nitrogen and oxygen atoms in total. The Morgan fingerprint density at radius 2 is 2.38 bits per heavy atom. The number of anilines is 1. The van der Waals surface area contributed by atoms with Crippen molar-refractivity contribution in [3.05, 3.63) is 17.0 Å². The predicted molar refractivity (Wildman–Crippen MR) is 63.8 cm³/mol. The minimum absolute atomic E-state index is 0.151. The van der Waals surface area contributed by atoms with Gasteiger partial charge >= 0.3 is 0 Å². The van der Waals surface area contributed by atoms with E-state index in [1.54, 1.807) is 0 Å². The van der Waals surface area contributed by atoms with E-state index >= 15 is 0 Å². The van der Waals surface area contributed by atoms with Crippen molar-refractivity contribution in [2.75, 3.05) is 18.0 Å². The highest BCUT2D eigenvalue weighted by Crippen LogP contribution is 2.21. The molecule has 0 aliphatic heterocycles. The van der Waals surface area contributed by atoms with Crippen molar-refractivity contribution in [3.63, 3.8) is 0 Å². The van der Waals surface area contributed by atoms with E-state index in [1.807, 2.05) is 11.8 Å². The average molecular weight is 238 g/mol. The molecule has 1 aromatic rings. The van der Waals surface area contributed by atoms with Crippen LogP contribution >= 0.6 is 11.6 Å². The van der Waals surface area contributed by atoms with Gasteiger partial charge < -0.3 is 4.90 Å². The largest absolute Gasteiger partial charge is 0.345 e. The summed E-state index contributed by atoms with van der Waals surface area (Å²) in [7, 11) is 0. The third kappa shape index (κ3) is 2.71. The summed E-state index contributed by atoms with van der Waals surface area (Å²) in [5.74, 6) is 3.02. The lowest BCUT2D eigenvalue weighted by atomic mass is 10.3. The summed E-state index contributed by atoms with van der Waals surface area (Å²) in [6.07, 6.45) is 8.15. The van der Waals surface area contributed by atoms with Gasteiger partial charge in [0, 0.05) is 6.54 Å². The van der Waals surface area contributed by atoms with E-state index in [1.165, 1.54) is 6.33 Å². The third-order valence-electron chi connectivity index (χ3n) is 2.01. The normalized spacial score (nSPS) is 9.56. The third-order valence-corrected chi connectivity index (χ3v) is 2.31. The summed E-state index contributed by atoms with van der Waals surface area (Å²) in [6, 6.07) is 0. The molecule has 0 bridgehead atoms. The topological polar surface area (TPSA) is 46.1 Å². The van der Waals surface area contributed by atoms with Crippen LogP contribution in [0.15, 0.2) is 6.33 Å². The Bertz CT molecular complexity index is 414. The SMILES string of the molecule is C#CCN(CCC)c1ncnc(Cl)c1C=O. The second-order valence-electron chi connectivity index (χ2n) is 3.15. The summed E-state index contributed by atoms with van der Waals surface area (Å²) < 4.78 is 0. The molecule has 0 aliphatic carbocycles. The Hall–Kier alpha value is -1.60. The van der Waals surface area contributed by atoms with Gasteiger partial charge in [-0.2, -0.15) is 0 Å². The molecular weight excluding hydrogens is 226 g/mol. The predicted octanol–water partition coefficient (Wildman–Crippen LogP) is 1.79. The van der Waals surface area contributed by atoms with Gasteiger partial charge in [0.15, 0.2) is 6.29 Å². The van der Waals surface area contributed by atoms with Crippen molar-refractivity contribution in [2.45, 2.75) is 13.3 Å². The average Bonchev–Trinajstić information content (AvgIpc) is 2.28. The quantitative estimate of drug-likeness (QED) is 0.445. The van der Waals surface area contributed by atoms with Crippen LogP contribution in [0.25, 0.3) is 0 Å². The Kier molecular flexibility index (Phi) is 4.74. The standard InChI is InChI=1S/C11H12ClN3O/c1-3-5-15(6-4-2)11-9(7-16)10(12)13-8-14-11/h1,7-8H,4-6H2,2H3. The number of terminal acetylenes is 1. The fourth-order valence-corrected chi connectivity index (χ4v) is 1.53. The molecule has 0 spiro atoms. The highest BCUT2D eigenvalue weighted by Gasteiger charge is 2.14. The Morgan fingerprint density at radius 3 is 2.94 bits per heavy atom. The first kappa shape index (κ1) is 12.5. The number of hydrogen-bond donors (Lipinski definition) is 0. The molecule has 0 radical (unpaired) electrons. The van der Waals surface area contributed by atoms with Crippen molar-refractivity contribution in [2.24, 2.45) is 0 Å². The molecule has 0 saturated heterocycles. The van der Waals surface area contributed by atoms with Crippen LogP contribution in [0.1, 0.15) is 23.7 Å². The maximum absolute atomic E-state index is 10.9. The number of aldehydes is 1. The first-order chi connectivity index (χ1) is 7.74. The summed E-state index contributed by atoms with van der Waals surface area (Å²) >= 11 is 5.81. The summed E-state index contributed by atoms with van der Waals surface area (Å²) in [5.41, 5.74) is 0.285. The van der Waals surface area contributed by atoms with Crippen molar-refractivity contribution in [1.29, 1.82) is 0 Å². The number of rotatable bonds is 5. The van der Waals surface area contributed by atoms with Crippen molar-refractivity contribution >= 4 is 23.7 Å². The zero-order valence-corrected chi connectivity index (χ0v) is 9.74. The molecule has 1 aromatic heterocycles. The van der Waals surface area contributed by atoms with Gasteiger partial charge in [0.25, 0.3) is 0 Å². The fraction of sp³-hybridized carbons (Fsp3) is 0.364. The van der Waals surface area contributed by atoms with Crippen molar-refractivity contribution < 1.29 is 4.79 Å². The van der Waals surface area contributed by atoms with E-state index in [2.05, 4.69) is 15.9 Å². The van der Waals surface area contributed by atoms with Crippen molar-refractivity contribution in [1.82, 2.24) is 9.97 Å². The van der Waals surface area contributed by atoms with Gasteiger partial charge in [0.1, 0.15) is 17.3 Å². The molecule has 0 unspecified atom stereocenters. The van der Waals surface area contributed by atoms with Crippen LogP contribution < -0.4 is 4.90 Å². The summed E-state index contributed by atoms with van der Waals surface area (Å²) in [6.45, 7) is 3.13. The lowest BCUT2D eigenvalue weighted by Gasteiger charge is -2.21. The van der Waals surface area contributed by atoms with E-state index in [0.29, 0.717) is 18.6 Å². The fourth-order valence-electron chi connectivity index (χ4n) is 1.36. The van der Waals surface area contributed by atoms with Crippen LogP contribution in [-0.4, -0.2) is 29.3 Å². The minimum Gasteiger partial charge on any atom is -0.345 e. The summed E-state index contributed by atoms with van der Waals surface area (Å²) in [5, 5.41) is 0.151. The van der Waals surface area contributed by atoms with Crippen LogP contribution in [0.4, 0.5) is 5.82 Å². The highest BCUT2D eigenvalue weighted by molar-refractivity contribution is 6.32. The lowest BCUT2D eigenvalue weighted by molar-refractivity contribution is 0.112. The molecule has 0 aliphatic rings. The van der Waals surface area contributed by atoms with Crippen LogP contribution in [0.5, 0.6) is 0 Å². The number of carbonyl (C=O) groups is 1. The molecule has 0 amide bonds. The van der Waals surface area contributed by atoms with E-state index in [-0.39, 0.29) is 10.7 Å². The maximum atomic E-state index is 10.9. The zero-order valence-electron chi connectivity index (χ0n) is 8.98. The van der Waals surface area contributed by atoms with Crippen LogP contribution in [0, 0.1) is 12.3 Å². The molecule has 84 valence electrons. The minimum atomic E-state index is 0.151. The molecule has 0 fully saturated rings. The van der Waals surface area contributed by atoms with E-state index in [0.717, 1.165) is 13.0 Å². The van der Waals surface area contributed by atoms with Crippen LogP contribution in [0.3, 0.4) is 0 Å². The monoisotopic (exact) mass is 237 g/mol. The molecular formula is C11H12ClN3O. The van der Waals surface area contributed by atoms with Crippen LogP contribution in [0.2, 0.25) is 5.15 Å². The number of nitrogens with zero attached hydrogens (tertiary/aromatic N) is 3. The zero-order chi connectivity index (χ0) is 12.0. The van der Waals surface area contributed by atoms with Gasteiger partial charge in [-0.25, -0.2) is 9.97 Å². The van der Waals surface area contributed by atoms with E-state index in [9.17, 15) is 4.79 Å². The molecule has 0 aromatic carbocycles. The summed E-state index contributed by atoms with van der Waals surface area (Å²) in [4.78, 5) is 20.6. The van der Waals surface area contributed by atoms with E-state index in [4.69, 9.17) is 18.0 Å². The highest BCUT2D eigenvalue weighted by atomic mass is 35.5. The first-order valence-corrected chi connectivity index (χ1v) is 5.26. The van der Waals surface area contributed by atoms with Gasteiger partial charge in [0.2, 0.25) is 0 Å². The van der Waals surface area contributed by atoms with Crippen molar-refractivity contribution in [3.8, 4) is 12.3 Å². The molecule has 1 rings (SSSR count). The lowest BCUT2D eigenvalue weighted by Crippen LogP contribution is -2.26. The number of halogens is 1. The second-order valence-corrected chi connectivity index (χ2v) is 3.50. The smallest absolute Gasteiger partial charge is 0.156 e. The Balaban J connectivity index is 3.13. The van der Waals surface area contributed by atoms with Gasteiger partial charge in [-0.15, -0.1) is 6.42 Å². The number of carbonyl (C=O) groups excluding carboxylic acids is 1. The molecule has 1 heterocycles. The Morgan fingerprint density at radius 1 is 1.62 bits per heavy atom. The first-order valence-electron chi connectivity index (χ1n) is 4.88. The second kappa shape index (κ2) is 6.09. The van der Waals surface area contributed by atoms with Crippen LogP contribution in [-0.2, 0) is 0 Å². The molecule has 0 N–H and O–H groups in total. The Labute approximate surface area is 99.6 Å². The maximum Gasteiger partial charge on any atom is 0.156 e. The number of hydrogen-bond acceptors (Lipinski definition) is 4. The van der Waals surface area contributed by atoms with E-state index < -0.39 is 0 Å². The number of aromatic nitrogens is 2. The molecule has 16 heavy (non-hydrogen) atoms. The van der Waals surface area contributed by atoms with Gasteiger partial charge in [-0.05, 0) is 6.42 Å². The molecule has 5 heteroatoms.